The molecule has 3 saturated heterocycles. The van der Waals surface area contributed by atoms with Gasteiger partial charge in [0, 0.05) is 50.3 Å². The van der Waals surface area contributed by atoms with Crippen LogP contribution in [-0.4, -0.2) is 88.0 Å². The summed E-state index contributed by atoms with van der Waals surface area (Å²) in [5.74, 6) is -1.47. The van der Waals surface area contributed by atoms with Crippen molar-refractivity contribution in [2.24, 2.45) is 5.41 Å². The maximum absolute atomic E-state index is 11.9. The molecule has 4 rings (SSSR count). The van der Waals surface area contributed by atoms with E-state index in [-0.39, 0.29) is 36.1 Å². The number of nitrogens with zero attached hydrogens (tertiary/aromatic N) is 3. The Morgan fingerprint density at radius 3 is 2.05 bits per heavy atom. The van der Waals surface area contributed by atoms with Crippen LogP contribution < -0.4 is 15.5 Å². The van der Waals surface area contributed by atoms with Crippen LogP contribution in [-0.2, 0) is 23.9 Å². The van der Waals surface area contributed by atoms with Crippen LogP contribution in [0.25, 0.3) is 0 Å². The van der Waals surface area contributed by atoms with Gasteiger partial charge in [-0.3, -0.25) is 24.5 Å². The number of imide groups is 4. The predicted octanol–water partition coefficient (Wildman–Crippen LogP) is 3.58. The van der Waals surface area contributed by atoms with Gasteiger partial charge < -0.3 is 25.0 Å². The van der Waals surface area contributed by atoms with Gasteiger partial charge in [0.1, 0.15) is 11.6 Å². The van der Waals surface area contributed by atoms with Crippen molar-refractivity contribution in [2.45, 2.75) is 91.3 Å². The van der Waals surface area contributed by atoms with Crippen molar-refractivity contribution < 1.29 is 38.6 Å². The van der Waals surface area contributed by atoms with Crippen molar-refractivity contribution in [2.75, 3.05) is 29.9 Å². The Morgan fingerprint density at radius 1 is 0.930 bits per heavy atom. The van der Waals surface area contributed by atoms with Crippen molar-refractivity contribution in [3.8, 4) is 0 Å². The molecule has 2 atom stereocenters. The summed E-state index contributed by atoms with van der Waals surface area (Å²) in [5.41, 5.74) is 0.974. The molecule has 3 aliphatic rings. The van der Waals surface area contributed by atoms with E-state index in [4.69, 9.17) is 4.74 Å². The van der Waals surface area contributed by atoms with E-state index in [1.807, 2.05) is 24.3 Å². The molecule has 0 radical (unpaired) electrons. The first kappa shape index (κ1) is 33.3. The number of piperidine rings is 2. The maximum atomic E-state index is 11.9. The third kappa shape index (κ3) is 9.16. The summed E-state index contributed by atoms with van der Waals surface area (Å²) in [6, 6.07) is 7.27. The van der Waals surface area contributed by atoms with Crippen LogP contribution >= 0.6 is 0 Å². The van der Waals surface area contributed by atoms with Crippen molar-refractivity contribution >= 4 is 47.2 Å². The van der Waals surface area contributed by atoms with Gasteiger partial charge in [0.25, 0.3) is 0 Å². The number of nitrogens with one attached hydrogen (secondary N) is 2. The number of likely N-dealkylation sites (tertiary alicyclic amines) is 1. The second-order valence-corrected chi connectivity index (χ2v) is 13.0. The smallest absolute Gasteiger partial charge is 0.424 e. The van der Waals surface area contributed by atoms with E-state index in [1.54, 1.807) is 20.8 Å². The van der Waals surface area contributed by atoms with Gasteiger partial charge in [0.05, 0.1) is 6.04 Å². The highest BCUT2D eigenvalue weighted by molar-refractivity contribution is 6.10. The summed E-state index contributed by atoms with van der Waals surface area (Å²) in [6.07, 6.45) is 0.0494. The first-order valence-corrected chi connectivity index (χ1v) is 14.5. The minimum Gasteiger partial charge on any atom is -0.465 e. The molecule has 236 valence electrons. The van der Waals surface area contributed by atoms with Gasteiger partial charge in [-0.15, -0.1) is 0 Å². The molecule has 13 heteroatoms. The number of ether oxygens (including phenoxy) is 1. The molecule has 0 saturated carbocycles. The third-order valence-corrected chi connectivity index (χ3v) is 7.29. The minimum absolute atomic E-state index is 0.0972. The number of benzene rings is 1. The topological polar surface area (TPSA) is 166 Å². The zero-order chi connectivity index (χ0) is 32.1. The first-order valence-electron chi connectivity index (χ1n) is 14.5. The molecule has 6 amide bonds. The Labute approximate surface area is 251 Å². The van der Waals surface area contributed by atoms with Gasteiger partial charge in [0.2, 0.25) is 23.6 Å². The molecule has 43 heavy (non-hydrogen) atoms. The van der Waals surface area contributed by atoms with Gasteiger partial charge >= 0.3 is 12.2 Å². The average molecular weight is 602 g/mol. The molecule has 3 fully saturated rings. The SMILES string of the molecule is CC(C)(C)C1CN(c2ccc(NC3CCC(=O)NC3=O)cc2)CCN1C(=O)O.CC(C)(C)OC(=O)N1C(=O)CCCC1=O. The summed E-state index contributed by atoms with van der Waals surface area (Å²) in [5, 5.41) is 15.0. The molecule has 0 bridgehead atoms. The zero-order valence-electron chi connectivity index (χ0n) is 25.8. The lowest BCUT2D eigenvalue weighted by Gasteiger charge is -2.46. The van der Waals surface area contributed by atoms with E-state index in [1.165, 1.54) is 4.90 Å². The zero-order valence-corrected chi connectivity index (χ0v) is 25.8. The molecule has 0 spiro atoms. The van der Waals surface area contributed by atoms with Crippen LogP contribution in [0.2, 0.25) is 0 Å². The number of carboxylic acid groups (broad SMARTS) is 1. The van der Waals surface area contributed by atoms with E-state index < -0.39 is 35.6 Å². The fraction of sp³-hybridized carbons (Fsp3) is 0.600. The standard InChI is InChI=1S/C20H28N4O4.C10H15NO4/c1-20(2,3)16-12-23(10-11-24(16)19(27)28)14-6-4-13(5-7-14)21-15-8-9-17(25)22-18(15)26;1-10(2,3)15-9(14)11-7(12)5-4-6-8(11)13/h4-7,15-16,21H,8-12H2,1-3H3,(H,27,28)(H,22,25,26);4-6H2,1-3H3. The Kier molecular flexibility index (Phi) is 10.4. The third-order valence-electron chi connectivity index (χ3n) is 7.29. The predicted molar refractivity (Wildman–Crippen MR) is 158 cm³/mol. The van der Waals surface area contributed by atoms with Crippen LogP contribution in [0.5, 0.6) is 0 Å². The van der Waals surface area contributed by atoms with Crippen LogP contribution in [0, 0.1) is 5.41 Å². The molecule has 0 aromatic heterocycles. The Hall–Kier alpha value is -4.16. The number of piperazine rings is 1. The highest BCUT2D eigenvalue weighted by atomic mass is 16.6. The monoisotopic (exact) mass is 601 g/mol. The molecule has 2 unspecified atom stereocenters. The average Bonchev–Trinajstić information content (AvgIpc) is 2.89. The molecule has 1 aromatic rings. The highest BCUT2D eigenvalue weighted by Gasteiger charge is 2.38. The van der Waals surface area contributed by atoms with E-state index in [9.17, 15) is 33.9 Å². The lowest BCUT2D eigenvalue weighted by molar-refractivity contribution is -0.146. The van der Waals surface area contributed by atoms with Gasteiger partial charge in [0.15, 0.2) is 0 Å². The maximum Gasteiger partial charge on any atom is 0.424 e. The lowest BCUT2D eigenvalue weighted by atomic mass is 9.84. The molecular formula is C30H43N5O8. The largest absolute Gasteiger partial charge is 0.465 e. The molecule has 3 heterocycles. The Morgan fingerprint density at radius 2 is 1.53 bits per heavy atom. The number of anilines is 2. The van der Waals surface area contributed by atoms with E-state index in [2.05, 4.69) is 36.3 Å². The van der Waals surface area contributed by atoms with E-state index >= 15 is 0 Å². The van der Waals surface area contributed by atoms with Gasteiger partial charge in [-0.25, -0.2) is 9.59 Å². The van der Waals surface area contributed by atoms with Crippen molar-refractivity contribution in [1.82, 2.24) is 15.1 Å². The normalized spacial score (nSPS) is 21.5. The number of carbonyl (C=O) groups is 6. The summed E-state index contributed by atoms with van der Waals surface area (Å²) in [7, 11) is 0. The van der Waals surface area contributed by atoms with E-state index in [0.29, 0.717) is 43.8 Å². The van der Waals surface area contributed by atoms with Gasteiger partial charge in [-0.2, -0.15) is 4.90 Å². The summed E-state index contributed by atoms with van der Waals surface area (Å²) in [6.45, 7) is 13.0. The lowest BCUT2D eigenvalue weighted by Crippen LogP contribution is -2.59. The number of carbonyl (C=O) groups excluding carboxylic acids is 5. The minimum atomic E-state index is -0.872. The van der Waals surface area contributed by atoms with Gasteiger partial charge in [-0.1, -0.05) is 20.8 Å². The summed E-state index contributed by atoms with van der Waals surface area (Å²) >= 11 is 0. The van der Waals surface area contributed by atoms with E-state index in [0.717, 1.165) is 11.4 Å². The van der Waals surface area contributed by atoms with Crippen molar-refractivity contribution in [3.05, 3.63) is 24.3 Å². The molecular weight excluding hydrogens is 558 g/mol. The second kappa shape index (κ2) is 13.4. The fourth-order valence-electron chi connectivity index (χ4n) is 5.05. The number of hydrogen-bond donors (Lipinski definition) is 3. The van der Waals surface area contributed by atoms with Crippen LogP contribution in [0.15, 0.2) is 24.3 Å². The number of hydrogen-bond acceptors (Lipinski definition) is 9. The van der Waals surface area contributed by atoms with Crippen LogP contribution in [0.3, 0.4) is 0 Å². The molecule has 13 nitrogen and oxygen atoms in total. The molecule has 0 aliphatic carbocycles. The molecule has 3 N–H and O–H groups in total. The summed E-state index contributed by atoms with van der Waals surface area (Å²) in [4.78, 5) is 73.2. The van der Waals surface area contributed by atoms with Gasteiger partial charge in [-0.05, 0) is 63.3 Å². The van der Waals surface area contributed by atoms with Crippen molar-refractivity contribution in [1.29, 1.82) is 0 Å². The number of rotatable bonds is 3. The highest BCUT2D eigenvalue weighted by Crippen LogP contribution is 2.30. The van der Waals surface area contributed by atoms with Crippen molar-refractivity contribution in [3.63, 3.8) is 0 Å². The Bertz CT molecular complexity index is 1220. The second-order valence-electron chi connectivity index (χ2n) is 13.0. The first-order chi connectivity index (χ1) is 20.0. The fourth-order valence-corrected chi connectivity index (χ4v) is 5.05. The summed E-state index contributed by atoms with van der Waals surface area (Å²) < 4.78 is 4.96. The van der Waals surface area contributed by atoms with Crippen LogP contribution in [0.4, 0.5) is 21.0 Å². The number of amides is 6. The molecule has 3 aliphatic heterocycles. The quantitative estimate of drug-likeness (QED) is 0.436. The Balaban J connectivity index is 0.000000285. The van der Waals surface area contributed by atoms with Crippen LogP contribution in [0.1, 0.15) is 73.6 Å². The molecule has 1 aromatic carbocycles.